The van der Waals surface area contributed by atoms with Crippen molar-refractivity contribution in [3.63, 3.8) is 0 Å². The van der Waals surface area contributed by atoms with E-state index in [9.17, 15) is 0 Å². The molecule has 0 amide bonds. The van der Waals surface area contributed by atoms with Crippen molar-refractivity contribution in [2.24, 2.45) is 0 Å². The second-order valence-corrected chi connectivity index (χ2v) is 11.3. The van der Waals surface area contributed by atoms with Crippen LogP contribution < -0.4 is 14.2 Å². The number of hydrogen-bond acceptors (Lipinski definition) is 10. The van der Waals surface area contributed by atoms with Crippen LogP contribution in [0.15, 0.2) is 64.5 Å². The average Bonchev–Trinajstić information content (AvgIpc) is 3.79. The van der Waals surface area contributed by atoms with E-state index in [0.717, 1.165) is 47.1 Å². The molecule has 6 aromatic rings. The second-order valence-electron chi connectivity index (χ2n) is 9.57. The van der Waals surface area contributed by atoms with Gasteiger partial charge in [0.05, 0.1) is 36.9 Å². The van der Waals surface area contributed by atoms with Gasteiger partial charge in [0.15, 0.2) is 5.76 Å². The van der Waals surface area contributed by atoms with Crippen molar-refractivity contribution >= 4 is 38.6 Å². The van der Waals surface area contributed by atoms with Gasteiger partial charge in [0.1, 0.15) is 34.4 Å². The summed E-state index contributed by atoms with van der Waals surface area (Å²) in [5, 5.41) is 8.93. The fraction of sp³-hybridized carbons (Fsp3) is 0.276. The highest BCUT2D eigenvalue weighted by molar-refractivity contribution is 7.18. The molecule has 1 aliphatic rings. The molecule has 0 bridgehead atoms. The molecule has 1 saturated heterocycles. The Hall–Kier alpha value is -3.93. The highest BCUT2D eigenvalue weighted by atomic mass is 32.1. The molecule has 1 aliphatic heterocycles. The van der Waals surface area contributed by atoms with Gasteiger partial charge in [-0.2, -0.15) is 0 Å². The highest BCUT2D eigenvalue weighted by Gasteiger charge is 2.39. The number of ether oxygens (including phenoxy) is 4. The quantitative estimate of drug-likeness (QED) is 0.208. The van der Waals surface area contributed by atoms with Crippen LogP contribution >= 0.6 is 22.7 Å². The molecule has 11 heteroatoms. The van der Waals surface area contributed by atoms with Crippen molar-refractivity contribution in [1.29, 1.82) is 0 Å². The largest absolute Gasteiger partial charge is 0.496 e. The molecule has 204 valence electrons. The number of aromatic nitrogens is 4. The lowest BCUT2D eigenvalue weighted by Crippen LogP contribution is -2.35. The Kier molecular flexibility index (Phi) is 6.41. The first-order valence-corrected chi connectivity index (χ1v) is 14.6. The Bertz CT molecular complexity index is 1750. The Labute approximate surface area is 237 Å². The smallest absolute Gasteiger partial charge is 0.294 e. The van der Waals surface area contributed by atoms with Crippen LogP contribution in [-0.4, -0.2) is 47.0 Å². The van der Waals surface area contributed by atoms with E-state index in [1.54, 1.807) is 30.1 Å². The van der Waals surface area contributed by atoms with E-state index >= 15 is 0 Å². The van der Waals surface area contributed by atoms with E-state index < -0.39 is 0 Å². The maximum atomic E-state index is 6.34. The predicted octanol–water partition coefficient (Wildman–Crippen LogP) is 6.35. The molecule has 0 atom stereocenters. The normalized spacial score (nSPS) is 15.1. The minimum absolute atomic E-state index is 0.137. The van der Waals surface area contributed by atoms with Gasteiger partial charge in [0, 0.05) is 30.7 Å². The lowest BCUT2D eigenvalue weighted by molar-refractivity contribution is 0.0629. The van der Waals surface area contributed by atoms with Gasteiger partial charge in [0.2, 0.25) is 4.96 Å². The summed E-state index contributed by atoms with van der Waals surface area (Å²) in [7, 11) is 3.22. The van der Waals surface area contributed by atoms with E-state index in [0.29, 0.717) is 40.3 Å². The molecule has 2 aromatic carbocycles. The first-order chi connectivity index (χ1) is 19.6. The third kappa shape index (κ3) is 4.40. The topological polar surface area (TPSA) is 93.1 Å². The van der Waals surface area contributed by atoms with Gasteiger partial charge < -0.3 is 23.4 Å². The summed E-state index contributed by atoms with van der Waals surface area (Å²) in [4.78, 5) is 10.4. The molecular weight excluding hydrogens is 548 g/mol. The van der Waals surface area contributed by atoms with Crippen LogP contribution in [0.25, 0.3) is 27.4 Å². The van der Waals surface area contributed by atoms with Gasteiger partial charge in [-0.3, -0.25) is 0 Å². The number of thiazole rings is 1. The van der Waals surface area contributed by atoms with Crippen LogP contribution in [-0.2, 0) is 16.8 Å². The van der Waals surface area contributed by atoms with Crippen molar-refractivity contribution in [3.05, 3.63) is 76.4 Å². The molecule has 0 spiro atoms. The average molecular weight is 575 g/mol. The number of rotatable bonds is 8. The molecule has 0 N–H and O–H groups in total. The summed E-state index contributed by atoms with van der Waals surface area (Å²) in [5.74, 6) is 1.92. The molecular formula is C29H26N4O5S2. The number of nitrogens with zero attached hydrogens (tertiary/aromatic N) is 4. The molecule has 0 radical (unpaired) electrons. The second kappa shape index (κ2) is 10.2. The SMILES string of the molecule is COc1cc(OCc2csc(C3(c4ccccc4)CCOCC3)n2)c2cc(-c3cn4nc(OC)sc4n3)oc2c1. The Morgan fingerprint density at radius 3 is 2.65 bits per heavy atom. The van der Waals surface area contributed by atoms with E-state index in [4.69, 9.17) is 28.3 Å². The third-order valence-electron chi connectivity index (χ3n) is 7.27. The summed E-state index contributed by atoms with van der Waals surface area (Å²) in [6, 6.07) is 16.3. The molecule has 40 heavy (non-hydrogen) atoms. The molecule has 9 nitrogen and oxygen atoms in total. The maximum Gasteiger partial charge on any atom is 0.294 e. The molecule has 0 saturated carbocycles. The summed E-state index contributed by atoms with van der Waals surface area (Å²) < 4.78 is 30.6. The maximum absolute atomic E-state index is 6.34. The number of methoxy groups -OCH3 is 2. The van der Waals surface area contributed by atoms with Crippen LogP contribution in [0.2, 0.25) is 0 Å². The molecule has 5 heterocycles. The van der Waals surface area contributed by atoms with Crippen LogP contribution in [0, 0.1) is 0 Å². The zero-order valence-corrected chi connectivity index (χ0v) is 23.6. The highest BCUT2D eigenvalue weighted by Crippen LogP contribution is 2.43. The van der Waals surface area contributed by atoms with Crippen LogP contribution in [0.3, 0.4) is 0 Å². The van der Waals surface area contributed by atoms with Gasteiger partial charge >= 0.3 is 0 Å². The monoisotopic (exact) mass is 574 g/mol. The zero-order chi connectivity index (χ0) is 27.1. The van der Waals surface area contributed by atoms with Gasteiger partial charge in [-0.25, -0.2) is 14.5 Å². The van der Waals surface area contributed by atoms with Gasteiger partial charge in [-0.15, -0.1) is 16.4 Å². The summed E-state index contributed by atoms with van der Waals surface area (Å²) in [6.45, 7) is 1.77. The zero-order valence-electron chi connectivity index (χ0n) is 22.0. The minimum atomic E-state index is -0.137. The molecule has 1 fully saturated rings. The first-order valence-electron chi connectivity index (χ1n) is 12.9. The van der Waals surface area contributed by atoms with Crippen LogP contribution in [0.4, 0.5) is 0 Å². The summed E-state index contributed by atoms with van der Waals surface area (Å²) >= 11 is 3.05. The fourth-order valence-corrected chi connectivity index (χ4v) is 6.96. The molecule has 0 aliphatic carbocycles. The standard InChI is InChI=1S/C29H26N4O5S2/c1-34-20-12-23(21-14-25(38-24(21)13-20)22-15-33-27(31-22)40-28(32-33)35-2)37-16-19-17-39-26(30-19)29(8-10-36-11-9-29)18-6-4-3-5-7-18/h3-7,12-15,17H,8-11,16H2,1-2H3. The van der Waals surface area contributed by atoms with Crippen molar-refractivity contribution in [1.82, 2.24) is 19.6 Å². The van der Waals surface area contributed by atoms with E-state index in [1.165, 1.54) is 16.9 Å². The van der Waals surface area contributed by atoms with Crippen LogP contribution in [0.5, 0.6) is 16.7 Å². The molecule has 7 rings (SSSR count). The van der Waals surface area contributed by atoms with E-state index in [2.05, 4.69) is 45.8 Å². The lowest BCUT2D eigenvalue weighted by atomic mass is 9.74. The number of benzene rings is 2. The summed E-state index contributed by atoms with van der Waals surface area (Å²) in [5.41, 5.74) is 3.36. The summed E-state index contributed by atoms with van der Waals surface area (Å²) in [6.07, 6.45) is 3.64. The van der Waals surface area contributed by atoms with E-state index in [-0.39, 0.29) is 5.41 Å². The van der Waals surface area contributed by atoms with Gasteiger partial charge in [0.25, 0.3) is 5.19 Å². The van der Waals surface area contributed by atoms with E-state index in [1.807, 2.05) is 24.4 Å². The minimum Gasteiger partial charge on any atom is -0.496 e. The van der Waals surface area contributed by atoms with Gasteiger partial charge in [-0.1, -0.05) is 30.3 Å². The molecule has 0 unspecified atom stereocenters. The Balaban J connectivity index is 1.17. The number of furan rings is 1. The molecule has 4 aromatic heterocycles. The number of fused-ring (bicyclic) bond motifs is 2. The Morgan fingerprint density at radius 1 is 1.02 bits per heavy atom. The van der Waals surface area contributed by atoms with Crippen molar-refractivity contribution < 1.29 is 23.4 Å². The van der Waals surface area contributed by atoms with Crippen LogP contribution in [0.1, 0.15) is 29.1 Å². The predicted molar refractivity (Wildman–Crippen MR) is 153 cm³/mol. The van der Waals surface area contributed by atoms with Gasteiger partial charge in [-0.05, 0) is 35.8 Å². The Morgan fingerprint density at radius 2 is 1.88 bits per heavy atom. The third-order valence-corrected chi connectivity index (χ3v) is 9.25. The van der Waals surface area contributed by atoms with Crippen molar-refractivity contribution in [2.45, 2.75) is 24.9 Å². The van der Waals surface area contributed by atoms with Crippen molar-refractivity contribution in [3.8, 4) is 28.1 Å². The first kappa shape index (κ1) is 25.1. The number of imidazole rings is 1. The fourth-order valence-electron chi connectivity index (χ4n) is 5.18. The lowest BCUT2D eigenvalue weighted by Gasteiger charge is -2.36. The number of hydrogen-bond donors (Lipinski definition) is 0. The van der Waals surface area contributed by atoms with Crippen molar-refractivity contribution in [2.75, 3.05) is 27.4 Å².